The molecule has 0 atom stereocenters. The molecule has 3 nitrogen and oxygen atoms in total. The Kier molecular flexibility index (Phi) is 4.09. The van der Waals surface area contributed by atoms with Crippen LogP contribution in [0.4, 0.5) is 14.9 Å². The van der Waals surface area contributed by atoms with Crippen LogP contribution in [-0.2, 0) is 0 Å². The van der Waals surface area contributed by atoms with E-state index in [0.29, 0.717) is 12.2 Å². The van der Waals surface area contributed by atoms with Crippen LogP contribution < -0.4 is 4.90 Å². The molecule has 0 radical (unpaired) electrons. The van der Waals surface area contributed by atoms with Crippen molar-refractivity contribution in [2.75, 3.05) is 11.4 Å². The van der Waals surface area contributed by atoms with Crippen molar-refractivity contribution in [3.05, 3.63) is 30.1 Å². The Morgan fingerprint density at radius 3 is 2.47 bits per heavy atom. The Morgan fingerprint density at radius 1 is 1.40 bits per heavy atom. The third kappa shape index (κ3) is 3.23. The maximum atomic E-state index is 12.6. The quantitative estimate of drug-likeness (QED) is 0.831. The van der Waals surface area contributed by atoms with E-state index in [9.17, 15) is 9.18 Å². The molecule has 0 aliphatic heterocycles. The second-order valence-electron chi connectivity index (χ2n) is 3.26. The van der Waals surface area contributed by atoms with Crippen molar-refractivity contribution in [3.63, 3.8) is 0 Å². The summed E-state index contributed by atoms with van der Waals surface area (Å²) in [5, 5.41) is 8.95. The molecule has 15 heavy (non-hydrogen) atoms. The summed E-state index contributed by atoms with van der Waals surface area (Å²) in [4.78, 5) is 12.1. The normalized spacial score (nSPS) is 10.0. The molecule has 0 spiro atoms. The smallest absolute Gasteiger partial charge is 0.411 e. The molecule has 0 aliphatic rings. The first-order chi connectivity index (χ1) is 7.15. The van der Waals surface area contributed by atoms with Gasteiger partial charge in [-0.15, -0.1) is 0 Å². The average Bonchev–Trinajstić information content (AvgIpc) is 2.21. The molecular formula is C11H14FNO2. The standard InChI is InChI=1S/C11H14FNO2/c1-2-3-8-13(11(14)15)10-6-4-9(12)5-7-10/h4-7H,2-3,8H2,1H3,(H,14,15). The van der Waals surface area contributed by atoms with E-state index >= 15 is 0 Å². The number of nitrogens with zero attached hydrogens (tertiary/aromatic N) is 1. The van der Waals surface area contributed by atoms with Gasteiger partial charge in [-0.25, -0.2) is 9.18 Å². The number of carboxylic acid groups (broad SMARTS) is 1. The zero-order valence-electron chi connectivity index (χ0n) is 8.61. The summed E-state index contributed by atoms with van der Waals surface area (Å²) in [7, 11) is 0. The first kappa shape index (κ1) is 11.5. The summed E-state index contributed by atoms with van der Waals surface area (Å²) in [6, 6.07) is 5.46. The predicted octanol–water partition coefficient (Wildman–Crippen LogP) is 3.11. The van der Waals surface area contributed by atoms with Crippen LogP contribution in [0.2, 0.25) is 0 Å². The summed E-state index contributed by atoms with van der Waals surface area (Å²) < 4.78 is 12.6. The number of amides is 1. The molecule has 0 saturated heterocycles. The topological polar surface area (TPSA) is 40.5 Å². The van der Waals surface area contributed by atoms with Gasteiger partial charge in [0.25, 0.3) is 0 Å². The fourth-order valence-corrected chi connectivity index (χ4v) is 1.27. The van der Waals surface area contributed by atoms with E-state index < -0.39 is 6.09 Å². The third-order valence-corrected chi connectivity index (χ3v) is 2.10. The molecule has 0 aliphatic carbocycles. The Balaban J connectivity index is 2.79. The second-order valence-corrected chi connectivity index (χ2v) is 3.26. The van der Waals surface area contributed by atoms with Crippen molar-refractivity contribution in [2.24, 2.45) is 0 Å². The average molecular weight is 211 g/mol. The highest BCUT2D eigenvalue weighted by atomic mass is 19.1. The number of hydrogen-bond donors (Lipinski definition) is 1. The van der Waals surface area contributed by atoms with Gasteiger partial charge in [0.2, 0.25) is 0 Å². The number of rotatable bonds is 4. The lowest BCUT2D eigenvalue weighted by Gasteiger charge is -2.18. The third-order valence-electron chi connectivity index (χ3n) is 2.10. The van der Waals surface area contributed by atoms with Crippen molar-refractivity contribution in [1.82, 2.24) is 0 Å². The van der Waals surface area contributed by atoms with Crippen molar-refractivity contribution < 1.29 is 14.3 Å². The minimum Gasteiger partial charge on any atom is -0.465 e. The van der Waals surface area contributed by atoms with Crippen molar-refractivity contribution in [1.29, 1.82) is 0 Å². The number of anilines is 1. The molecule has 1 aromatic rings. The highest BCUT2D eigenvalue weighted by Crippen LogP contribution is 2.15. The number of unbranched alkanes of at least 4 members (excludes halogenated alkanes) is 1. The molecule has 1 aromatic carbocycles. The summed E-state index contributed by atoms with van der Waals surface area (Å²) in [5.41, 5.74) is 0.511. The fourth-order valence-electron chi connectivity index (χ4n) is 1.27. The van der Waals surface area contributed by atoms with Gasteiger partial charge in [0.1, 0.15) is 5.82 Å². The van der Waals surface area contributed by atoms with Gasteiger partial charge in [0, 0.05) is 12.2 Å². The van der Waals surface area contributed by atoms with Crippen LogP contribution in [0.25, 0.3) is 0 Å². The molecule has 1 N–H and O–H groups in total. The second kappa shape index (κ2) is 5.34. The molecule has 0 saturated carbocycles. The SMILES string of the molecule is CCCCN(C(=O)O)c1ccc(F)cc1. The van der Waals surface area contributed by atoms with Crippen LogP contribution in [0, 0.1) is 5.82 Å². The van der Waals surface area contributed by atoms with Crippen LogP contribution in [0.5, 0.6) is 0 Å². The molecule has 1 rings (SSSR count). The molecule has 0 heterocycles. The summed E-state index contributed by atoms with van der Waals surface area (Å²) >= 11 is 0. The predicted molar refractivity (Wildman–Crippen MR) is 56.7 cm³/mol. The summed E-state index contributed by atoms with van der Waals surface area (Å²) in [5.74, 6) is -0.361. The highest BCUT2D eigenvalue weighted by molar-refractivity contribution is 5.85. The number of hydrogen-bond acceptors (Lipinski definition) is 1. The maximum absolute atomic E-state index is 12.6. The van der Waals surface area contributed by atoms with Gasteiger partial charge >= 0.3 is 6.09 Å². The van der Waals surface area contributed by atoms with E-state index in [1.807, 2.05) is 6.92 Å². The molecule has 0 aromatic heterocycles. The van der Waals surface area contributed by atoms with Crippen molar-refractivity contribution >= 4 is 11.8 Å². The lowest BCUT2D eigenvalue weighted by atomic mass is 10.2. The Bertz CT molecular complexity index is 324. The van der Waals surface area contributed by atoms with Crippen molar-refractivity contribution in [3.8, 4) is 0 Å². The number of benzene rings is 1. The Hall–Kier alpha value is -1.58. The fraction of sp³-hybridized carbons (Fsp3) is 0.364. The van der Waals surface area contributed by atoms with E-state index in [0.717, 1.165) is 12.8 Å². The lowest BCUT2D eigenvalue weighted by molar-refractivity contribution is 0.201. The minimum atomic E-state index is -1.00. The Labute approximate surface area is 88.1 Å². The van der Waals surface area contributed by atoms with Gasteiger partial charge in [-0.2, -0.15) is 0 Å². The summed E-state index contributed by atoms with van der Waals surface area (Å²) in [6.07, 6.45) is 0.712. The van der Waals surface area contributed by atoms with Gasteiger partial charge in [0.05, 0.1) is 0 Å². The molecule has 0 bridgehead atoms. The van der Waals surface area contributed by atoms with Crippen LogP contribution in [0.15, 0.2) is 24.3 Å². The first-order valence-corrected chi connectivity index (χ1v) is 4.91. The van der Waals surface area contributed by atoms with Crippen LogP contribution >= 0.6 is 0 Å². The first-order valence-electron chi connectivity index (χ1n) is 4.91. The molecule has 0 unspecified atom stereocenters. The van der Waals surface area contributed by atoms with Gasteiger partial charge in [-0.05, 0) is 30.7 Å². The van der Waals surface area contributed by atoms with Crippen molar-refractivity contribution in [2.45, 2.75) is 19.8 Å². The maximum Gasteiger partial charge on any atom is 0.411 e. The number of carbonyl (C=O) groups is 1. The van der Waals surface area contributed by atoms with E-state index in [1.165, 1.54) is 29.2 Å². The van der Waals surface area contributed by atoms with E-state index in [4.69, 9.17) is 5.11 Å². The summed E-state index contributed by atoms with van der Waals surface area (Å²) in [6.45, 7) is 2.43. The van der Waals surface area contributed by atoms with E-state index in [1.54, 1.807) is 0 Å². The van der Waals surface area contributed by atoms with Gasteiger partial charge in [-0.3, -0.25) is 4.90 Å². The monoisotopic (exact) mass is 211 g/mol. The molecular weight excluding hydrogens is 197 g/mol. The minimum absolute atomic E-state index is 0.361. The zero-order valence-corrected chi connectivity index (χ0v) is 8.61. The van der Waals surface area contributed by atoms with Crippen LogP contribution in [-0.4, -0.2) is 17.7 Å². The zero-order chi connectivity index (χ0) is 11.3. The molecule has 1 amide bonds. The lowest BCUT2D eigenvalue weighted by Crippen LogP contribution is -2.30. The van der Waals surface area contributed by atoms with Gasteiger partial charge < -0.3 is 5.11 Å². The molecule has 82 valence electrons. The van der Waals surface area contributed by atoms with E-state index in [-0.39, 0.29) is 5.82 Å². The van der Waals surface area contributed by atoms with Gasteiger partial charge in [0.15, 0.2) is 0 Å². The molecule has 0 fully saturated rings. The molecule has 4 heteroatoms. The highest BCUT2D eigenvalue weighted by Gasteiger charge is 2.12. The largest absolute Gasteiger partial charge is 0.465 e. The Morgan fingerprint density at radius 2 is 2.00 bits per heavy atom. The van der Waals surface area contributed by atoms with Crippen LogP contribution in [0.1, 0.15) is 19.8 Å². The van der Waals surface area contributed by atoms with Crippen LogP contribution in [0.3, 0.4) is 0 Å². The number of halogens is 1. The van der Waals surface area contributed by atoms with Gasteiger partial charge in [-0.1, -0.05) is 13.3 Å². The van der Waals surface area contributed by atoms with E-state index in [2.05, 4.69) is 0 Å².